The van der Waals surface area contributed by atoms with Gasteiger partial charge in [0, 0.05) is 32.7 Å². The van der Waals surface area contributed by atoms with Crippen LogP contribution in [-0.2, 0) is 14.7 Å². The van der Waals surface area contributed by atoms with Gasteiger partial charge in [-0.2, -0.15) is 0 Å². The Balaban J connectivity index is 2.23. The molecule has 0 aromatic rings. The van der Waals surface area contributed by atoms with E-state index in [9.17, 15) is 14.7 Å². The highest BCUT2D eigenvalue weighted by atomic mass is 16.3. The summed E-state index contributed by atoms with van der Waals surface area (Å²) in [5.41, 5.74) is 0. The summed E-state index contributed by atoms with van der Waals surface area (Å²) in [6.45, 7) is 3.75. The predicted octanol–water partition coefficient (Wildman–Crippen LogP) is -0.460. The van der Waals surface area contributed by atoms with Crippen molar-refractivity contribution in [3.63, 3.8) is 0 Å². The molecular formula is C10H17N2O3. The third kappa shape index (κ3) is 3.97. The van der Waals surface area contributed by atoms with E-state index in [-0.39, 0.29) is 18.9 Å². The number of hydrogen-bond donors (Lipinski definition) is 0. The van der Waals surface area contributed by atoms with Crippen molar-refractivity contribution < 1.29 is 14.7 Å². The molecule has 1 radical (unpaired) electrons. The van der Waals surface area contributed by atoms with Crippen LogP contribution >= 0.6 is 0 Å². The Morgan fingerprint density at radius 2 is 1.87 bits per heavy atom. The number of aldehydes is 1. The maximum absolute atomic E-state index is 11.3. The van der Waals surface area contributed by atoms with E-state index in [2.05, 4.69) is 4.90 Å². The minimum Gasteiger partial charge on any atom is -0.340 e. The van der Waals surface area contributed by atoms with Crippen molar-refractivity contribution in [2.75, 3.05) is 39.3 Å². The van der Waals surface area contributed by atoms with E-state index in [0.29, 0.717) is 25.8 Å². The Morgan fingerprint density at radius 1 is 1.20 bits per heavy atom. The molecule has 0 saturated carbocycles. The number of carbonyl (C=O) groups excluding carboxylic acids is 2. The van der Waals surface area contributed by atoms with Crippen LogP contribution in [0.25, 0.3) is 0 Å². The normalized spacial score (nSPS) is 17.8. The van der Waals surface area contributed by atoms with Crippen LogP contribution in [0.5, 0.6) is 0 Å². The zero-order chi connectivity index (χ0) is 11.1. The van der Waals surface area contributed by atoms with Crippen LogP contribution in [0.4, 0.5) is 0 Å². The maximum atomic E-state index is 11.3. The molecule has 1 aliphatic heterocycles. The fraction of sp³-hybridized carbons (Fsp3) is 0.800. The van der Waals surface area contributed by atoms with E-state index < -0.39 is 0 Å². The van der Waals surface area contributed by atoms with Crippen LogP contribution in [0.3, 0.4) is 0 Å². The Bertz CT molecular complexity index is 213. The lowest BCUT2D eigenvalue weighted by atomic mass is 10.2. The van der Waals surface area contributed by atoms with Gasteiger partial charge in [-0.15, -0.1) is 0 Å². The summed E-state index contributed by atoms with van der Waals surface area (Å²) >= 11 is 0. The molecule has 0 atom stereocenters. The molecule has 0 aromatic carbocycles. The lowest BCUT2D eigenvalue weighted by Crippen LogP contribution is -2.48. The largest absolute Gasteiger partial charge is 0.340 e. The summed E-state index contributed by atoms with van der Waals surface area (Å²) in [5.74, 6) is -0.0894. The van der Waals surface area contributed by atoms with Crippen LogP contribution in [0, 0.1) is 0 Å². The smallest absolute Gasteiger partial charge is 0.229 e. The van der Waals surface area contributed by atoms with Gasteiger partial charge in [0.05, 0.1) is 13.0 Å². The van der Waals surface area contributed by atoms with Crippen LogP contribution in [0.15, 0.2) is 0 Å². The monoisotopic (exact) mass is 213 g/mol. The van der Waals surface area contributed by atoms with Crippen LogP contribution in [0.2, 0.25) is 0 Å². The highest BCUT2D eigenvalue weighted by Gasteiger charge is 2.19. The minimum atomic E-state index is -0.0894. The van der Waals surface area contributed by atoms with Gasteiger partial charge in [-0.1, -0.05) is 0 Å². The quantitative estimate of drug-likeness (QED) is 0.458. The molecule has 1 saturated heterocycles. The molecule has 1 fully saturated rings. The number of nitrogens with zero attached hydrogens (tertiary/aromatic N) is 2. The van der Waals surface area contributed by atoms with Crippen LogP contribution < -0.4 is 0 Å². The van der Waals surface area contributed by atoms with Crippen LogP contribution in [-0.4, -0.2) is 61.3 Å². The molecule has 1 aliphatic rings. The number of hydrogen-bond acceptors (Lipinski definition) is 3. The first-order valence-corrected chi connectivity index (χ1v) is 5.30. The molecule has 0 aromatic heterocycles. The van der Waals surface area contributed by atoms with E-state index in [0.717, 1.165) is 19.6 Å². The van der Waals surface area contributed by atoms with E-state index in [4.69, 9.17) is 0 Å². The summed E-state index contributed by atoms with van der Waals surface area (Å²) in [4.78, 5) is 25.4. The summed E-state index contributed by atoms with van der Waals surface area (Å²) < 4.78 is 0. The number of piperazine rings is 1. The second-order valence-corrected chi connectivity index (χ2v) is 3.65. The van der Waals surface area contributed by atoms with E-state index in [1.54, 1.807) is 4.90 Å². The second-order valence-electron chi connectivity index (χ2n) is 3.65. The Morgan fingerprint density at radius 3 is 2.40 bits per heavy atom. The molecule has 0 bridgehead atoms. The first kappa shape index (κ1) is 12.1. The third-order valence-electron chi connectivity index (χ3n) is 2.60. The zero-order valence-corrected chi connectivity index (χ0v) is 8.85. The second kappa shape index (κ2) is 6.53. The van der Waals surface area contributed by atoms with Gasteiger partial charge in [0.15, 0.2) is 0 Å². The molecule has 0 unspecified atom stereocenters. The van der Waals surface area contributed by atoms with Gasteiger partial charge in [0.25, 0.3) is 0 Å². The van der Waals surface area contributed by atoms with Gasteiger partial charge in [-0.3, -0.25) is 9.69 Å². The number of carbonyl (C=O) groups is 2. The fourth-order valence-corrected chi connectivity index (χ4v) is 1.71. The third-order valence-corrected chi connectivity index (χ3v) is 2.60. The van der Waals surface area contributed by atoms with Crippen molar-refractivity contribution in [3.8, 4) is 0 Å². The molecule has 5 heteroatoms. The molecule has 1 rings (SSSR count). The summed E-state index contributed by atoms with van der Waals surface area (Å²) in [5, 5.41) is 10.3. The van der Waals surface area contributed by atoms with E-state index in [1.165, 1.54) is 0 Å². The first-order chi connectivity index (χ1) is 7.27. The highest BCUT2D eigenvalue weighted by Crippen LogP contribution is 2.03. The van der Waals surface area contributed by atoms with Gasteiger partial charge < -0.3 is 9.69 Å². The fourth-order valence-electron chi connectivity index (χ4n) is 1.71. The standard InChI is InChI=1S/C10H17N2O3/c13-8-1-3-11-4-6-12(7-5-11)10(15)2-9-14/h9H,1-8H2. The van der Waals surface area contributed by atoms with Crippen LogP contribution in [0.1, 0.15) is 12.8 Å². The molecule has 1 amide bonds. The first-order valence-electron chi connectivity index (χ1n) is 5.30. The molecule has 0 spiro atoms. The molecule has 0 N–H and O–H groups in total. The van der Waals surface area contributed by atoms with Gasteiger partial charge in [-0.25, -0.2) is 5.11 Å². The minimum absolute atomic E-state index is 0.0133. The Kier molecular flexibility index (Phi) is 5.28. The van der Waals surface area contributed by atoms with Crippen molar-refractivity contribution in [3.05, 3.63) is 0 Å². The highest BCUT2D eigenvalue weighted by molar-refractivity contribution is 5.88. The summed E-state index contributed by atoms with van der Waals surface area (Å²) in [6, 6.07) is 0. The molecule has 15 heavy (non-hydrogen) atoms. The Labute approximate surface area is 89.7 Å². The van der Waals surface area contributed by atoms with Gasteiger partial charge in [-0.05, 0) is 6.42 Å². The average Bonchev–Trinajstić information content (AvgIpc) is 2.27. The zero-order valence-electron chi connectivity index (χ0n) is 8.85. The molecular weight excluding hydrogens is 196 g/mol. The number of rotatable bonds is 5. The van der Waals surface area contributed by atoms with Crippen molar-refractivity contribution in [1.29, 1.82) is 0 Å². The van der Waals surface area contributed by atoms with Crippen molar-refractivity contribution in [1.82, 2.24) is 9.80 Å². The summed E-state index contributed by atoms with van der Waals surface area (Å²) in [7, 11) is 0. The van der Waals surface area contributed by atoms with E-state index in [1.807, 2.05) is 0 Å². The molecule has 1 heterocycles. The van der Waals surface area contributed by atoms with E-state index >= 15 is 0 Å². The summed E-state index contributed by atoms with van der Waals surface area (Å²) in [6.07, 6.45) is 1.30. The molecule has 85 valence electrons. The molecule has 5 nitrogen and oxygen atoms in total. The van der Waals surface area contributed by atoms with Gasteiger partial charge >= 0.3 is 0 Å². The van der Waals surface area contributed by atoms with Crippen molar-refractivity contribution in [2.45, 2.75) is 12.8 Å². The predicted molar refractivity (Wildman–Crippen MR) is 53.9 cm³/mol. The topological polar surface area (TPSA) is 60.5 Å². The van der Waals surface area contributed by atoms with Crippen molar-refractivity contribution in [2.24, 2.45) is 0 Å². The lowest BCUT2D eigenvalue weighted by Gasteiger charge is -2.34. The number of amides is 1. The Hall–Kier alpha value is -0.940. The molecule has 0 aliphatic carbocycles. The lowest BCUT2D eigenvalue weighted by molar-refractivity contribution is -0.134. The van der Waals surface area contributed by atoms with Gasteiger partial charge in [0.2, 0.25) is 5.91 Å². The average molecular weight is 213 g/mol. The van der Waals surface area contributed by atoms with Gasteiger partial charge in [0.1, 0.15) is 6.29 Å². The SMILES string of the molecule is [O]CCCN1CCN(C(=O)CC=O)CC1. The maximum Gasteiger partial charge on any atom is 0.229 e. The van der Waals surface area contributed by atoms with Crippen molar-refractivity contribution >= 4 is 12.2 Å².